The van der Waals surface area contributed by atoms with Gasteiger partial charge in [0.15, 0.2) is 0 Å². The molecule has 11 heteroatoms. The number of carbonyl (C=O) groups is 1. The molecule has 1 aliphatic heterocycles. The molecule has 2 aromatic rings. The molecule has 33 heavy (non-hydrogen) atoms. The fourth-order valence-electron chi connectivity index (χ4n) is 4.50. The van der Waals surface area contributed by atoms with Gasteiger partial charge in [-0.3, -0.25) is 14.2 Å². The second-order valence-corrected chi connectivity index (χ2v) is 9.62. The molecule has 0 bridgehead atoms. The first-order valence-electron chi connectivity index (χ1n) is 10.6. The van der Waals surface area contributed by atoms with Crippen LogP contribution < -0.4 is 21.7 Å². The quantitative estimate of drug-likeness (QED) is 0.499. The molecule has 0 saturated heterocycles. The normalized spacial score (nSPS) is 17.9. The predicted molar refractivity (Wildman–Crippen MR) is 128 cm³/mol. The number of guanidine groups is 2. The fraction of sp³-hybridized carbons (Fsp3) is 0.318. The van der Waals surface area contributed by atoms with E-state index in [1.807, 2.05) is 0 Å². The smallest absolute Gasteiger partial charge is 0.296 e. The summed E-state index contributed by atoms with van der Waals surface area (Å²) >= 11 is 0. The van der Waals surface area contributed by atoms with Crippen LogP contribution in [0.3, 0.4) is 0 Å². The van der Waals surface area contributed by atoms with Gasteiger partial charge in [-0.2, -0.15) is 13.4 Å². The average Bonchev–Trinajstić information content (AvgIpc) is 2.73. The van der Waals surface area contributed by atoms with Crippen molar-refractivity contribution in [2.24, 2.45) is 21.5 Å². The maximum absolute atomic E-state index is 12.4. The van der Waals surface area contributed by atoms with Crippen LogP contribution in [0.25, 0.3) is 11.1 Å². The first-order chi connectivity index (χ1) is 15.6. The lowest BCUT2D eigenvalue weighted by Gasteiger charge is -2.46. The van der Waals surface area contributed by atoms with Gasteiger partial charge in [0.1, 0.15) is 10.6 Å². The summed E-state index contributed by atoms with van der Waals surface area (Å²) in [7, 11) is -4.62. The summed E-state index contributed by atoms with van der Waals surface area (Å²) < 4.78 is 35.0. The Bertz CT molecular complexity index is 1250. The van der Waals surface area contributed by atoms with E-state index in [2.05, 4.69) is 15.3 Å². The molecule has 6 N–H and O–H groups in total. The standard InChI is InChI=1S/C22H26N6O4S/c1-14(29)25-17-8-5-15(6-9-17)16-7-10-18(19(13-16)33(30,31)32)28-21(24)26-20(23)27-22(28)11-3-2-4-12-22/h5-10,13H,2-4,11-12H2,1H3,(H,25,29)(H,30,31,32)(H4,23,24,26,27). The molecule has 1 spiro atoms. The highest BCUT2D eigenvalue weighted by molar-refractivity contribution is 7.86. The van der Waals surface area contributed by atoms with Gasteiger partial charge in [-0.25, -0.2) is 4.99 Å². The summed E-state index contributed by atoms with van der Waals surface area (Å²) in [6, 6.07) is 11.6. The van der Waals surface area contributed by atoms with Crippen LogP contribution in [0, 0.1) is 0 Å². The second-order valence-electron chi connectivity index (χ2n) is 8.23. The highest BCUT2D eigenvalue weighted by Gasteiger charge is 2.44. The van der Waals surface area contributed by atoms with Crippen LogP contribution in [0.2, 0.25) is 0 Å². The Hall–Kier alpha value is -3.44. The summed E-state index contributed by atoms with van der Waals surface area (Å²) in [5.74, 6) is -0.113. The van der Waals surface area contributed by atoms with Crippen LogP contribution in [0.1, 0.15) is 39.0 Å². The lowest BCUT2D eigenvalue weighted by molar-refractivity contribution is -0.114. The molecule has 1 fully saturated rings. The van der Waals surface area contributed by atoms with Gasteiger partial charge in [-0.1, -0.05) is 24.6 Å². The number of rotatable bonds is 4. The van der Waals surface area contributed by atoms with Crippen LogP contribution in [-0.4, -0.2) is 36.5 Å². The van der Waals surface area contributed by atoms with Crippen molar-refractivity contribution >= 4 is 39.3 Å². The highest BCUT2D eigenvalue weighted by Crippen LogP contribution is 2.42. The van der Waals surface area contributed by atoms with Crippen molar-refractivity contribution < 1.29 is 17.8 Å². The number of hydrogen-bond donors (Lipinski definition) is 4. The third-order valence-electron chi connectivity index (χ3n) is 5.87. The second kappa shape index (κ2) is 8.49. The van der Waals surface area contributed by atoms with E-state index in [1.165, 1.54) is 13.0 Å². The number of hydrogen-bond acceptors (Lipinski definition) is 8. The molecule has 1 heterocycles. The van der Waals surface area contributed by atoms with E-state index in [9.17, 15) is 17.8 Å². The maximum Gasteiger partial charge on any atom is 0.296 e. The van der Waals surface area contributed by atoms with Crippen LogP contribution >= 0.6 is 0 Å². The summed E-state index contributed by atoms with van der Waals surface area (Å²) in [4.78, 5) is 21.1. The summed E-state index contributed by atoms with van der Waals surface area (Å²) in [6.45, 7) is 1.41. The Balaban J connectivity index is 1.81. The number of amides is 1. The van der Waals surface area contributed by atoms with Crippen LogP contribution in [0.5, 0.6) is 0 Å². The topological polar surface area (TPSA) is 163 Å². The molecule has 0 radical (unpaired) electrons. The van der Waals surface area contributed by atoms with E-state index < -0.39 is 15.8 Å². The fourth-order valence-corrected chi connectivity index (χ4v) is 5.20. The lowest BCUT2D eigenvalue weighted by Crippen LogP contribution is -2.58. The number of carbonyl (C=O) groups excluding carboxylic acids is 1. The zero-order valence-corrected chi connectivity index (χ0v) is 19.0. The Morgan fingerprint density at radius 2 is 1.70 bits per heavy atom. The van der Waals surface area contributed by atoms with Crippen molar-refractivity contribution in [3.63, 3.8) is 0 Å². The average molecular weight is 471 g/mol. The monoisotopic (exact) mass is 470 g/mol. The molecular weight excluding hydrogens is 444 g/mol. The van der Waals surface area contributed by atoms with Crippen molar-refractivity contribution in [3.8, 4) is 11.1 Å². The van der Waals surface area contributed by atoms with E-state index in [4.69, 9.17) is 11.5 Å². The molecular formula is C22H26N6O4S. The van der Waals surface area contributed by atoms with Crippen molar-refractivity contribution in [2.75, 3.05) is 10.2 Å². The minimum absolute atomic E-state index is 0.0294. The van der Waals surface area contributed by atoms with Crippen molar-refractivity contribution in [2.45, 2.75) is 49.6 Å². The third kappa shape index (κ3) is 4.55. The number of anilines is 2. The number of benzene rings is 2. The van der Waals surface area contributed by atoms with E-state index >= 15 is 0 Å². The third-order valence-corrected chi connectivity index (χ3v) is 6.75. The van der Waals surface area contributed by atoms with Gasteiger partial charge in [0, 0.05) is 12.6 Å². The molecule has 1 aliphatic carbocycles. The minimum Gasteiger partial charge on any atom is -0.369 e. The van der Waals surface area contributed by atoms with Gasteiger partial charge in [0.25, 0.3) is 10.1 Å². The molecule has 0 unspecified atom stereocenters. The minimum atomic E-state index is -4.62. The number of nitrogens with one attached hydrogen (secondary N) is 1. The van der Waals surface area contributed by atoms with Gasteiger partial charge < -0.3 is 16.8 Å². The Morgan fingerprint density at radius 3 is 2.30 bits per heavy atom. The summed E-state index contributed by atoms with van der Waals surface area (Å²) in [5.41, 5.74) is 13.3. The predicted octanol–water partition coefficient (Wildman–Crippen LogP) is 2.67. The molecule has 1 amide bonds. The SMILES string of the molecule is CC(=O)Nc1ccc(-c2ccc(N3C(N)=NC(N)=NC34CCCCC4)c(S(=O)(=O)O)c2)cc1. The van der Waals surface area contributed by atoms with E-state index in [1.54, 1.807) is 41.3 Å². The first-order valence-corrected chi connectivity index (χ1v) is 12.0. The zero-order chi connectivity index (χ0) is 23.8. The van der Waals surface area contributed by atoms with Gasteiger partial charge >= 0.3 is 0 Å². The molecule has 174 valence electrons. The summed E-state index contributed by atoms with van der Waals surface area (Å²) in [5, 5.41) is 2.68. The Kier molecular flexibility index (Phi) is 5.85. The van der Waals surface area contributed by atoms with Gasteiger partial charge in [-0.15, -0.1) is 0 Å². The largest absolute Gasteiger partial charge is 0.369 e. The number of nitrogens with two attached hydrogens (primary N) is 2. The number of nitrogens with zero attached hydrogens (tertiary/aromatic N) is 3. The summed E-state index contributed by atoms with van der Waals surface area (Å²) in [6.07, 6.45) is 4.03. The molecule has 0 aromatic heterocycles. The molecule has 10 nitrogen and oxygen atoms in total. The van der Waals surface area contributed by atoms with E-state index in [0.717, 1.165) is 19.3 Å². The zero-order valence-electron chi connectivity index (χ0n) is 18.2. The maximum atomic E-state index is 12.4. The van der Waals surface area contributed by atoms with E-state index in [0.29, 0.717) is 29.7 Å². The van der Waals surface area contributed by atoms with E-state index in [-0.39, 0.29) is 28.4 Å². The van der Waals surface area contributed by atoms with Crippen LogP contribution in [-0.2, 0) is 14.9 Å². The van der Waals surface area contributed by atoms with Crippen molar-refractivity contribution in [1.29, 1.82) is 0 Å². The molecule has 0 atom stereocenters. The van der Waals surface area contributed by atoms with Crippen LogP contribution in [0.4, 0.5) is 11.4 Å². The van der Waals surface area contributed by atoms with Gasteiger partial charge in [0.05, 0.1) is 5.69 Å². The van der Waals surface area contributed by atoms with Crippen LogP contribution in [0.15, 0.2) is 57.3 Å². The molecule has 4 rings (SSSR count). The molecule has 2 aromatic carbocycles. The van der Waals surface area contributed by atoms with Crippen molar-refractivity contribution in [1.82, 2.24) is 0 Å². The Morgan fingerprint density at radius 1 is 1.06 bits per heavy atom. The van der Waals surface area contributed by atoms with Gasteiger partial charge in [0.2, 0.25) is 17.8 Å². The molecule has 2 aliphatic rings. The first kappa shape index (κ1) is 22.7. The molecule has 1 saturated carbocycles. The van der Waals surface area contributed by atoms with Gasteiger partial charge in [-0.05, 0) is 61.1 Å². The lowest BCUT2D eigenvalue weighted by atomic mass is 9.87. The number of aliphatic imine (C=N–C) groups is 2. The van der Waals surface area contributed by atoms with Crippen molar-refractivity contribution in [3.05, 3.63) is 42.5 Å². The Labute approximate surface area is 192 Å². The highest BCUT2D eigenvalue weighted by atomic mass is 32.2.